The lowest BCUT2D eigenvalue weighted by molar-refractivity contribution is 0.554. The molecule has 3 rings (SSSR count). The number of thioether (sulfide) groups is 1. The molecule has 1 heterocycles. The largest absolute Gasteiger partial charge is 0.324 e. The quantitative estimate of drug-likeness (QED) is 0.877. The summed E-state index contributed by atoms with van der Waals surface area (Å²) in [7, 11) is 0. The maximum Gasteiger partial charge on any atom is 0.138 e. The van der Waals surface area contributed by atoms with E-state index in [4.69, 9.17) is 17.3 Å². The van der Waals surface area contributed by atoms with E-state index in [1.165, 1.54) is 0 Å². The molecule has 104 valence electrons. The van der Waals surface area contributed by atoms with Gasteiger partial charge in [0, 0.05) is 28.4 Å². The van der Waals surface area contributed by atoms with Gasteiger partial charge in [-0.2, -0.15) is 0 Å². The fourth-order valence-electron chi connectivity index (χ4n) is 2.40. The first-order valence-corrected chi connectivity index (χ1v) is 8.08. The van der Waals surface area contributed by atoms with Crippen LogP contribution in [0, 0.1) is 0 Å². The molecule has 1 aromatic carbocycles. The van der Waals surface area contributed by atoms with Gasteiger partial charge in [0.1, 0.15) is 5.82 Å². The summed E-state index contributed by atoms with van der Waals surface area (Å²) < 4.78 is 0. The summed E-state index contributed by atoms with van der Waals surface area (Å²) in [5.41, 5.74) is 8.31. The number of nitrogens with zero attached hydrogens (tertiary/aromatic N) is 2. The lowest BCUT2D eigenvalue weighted by atomic mass is 9.93. The summed E-state index contributed by atoms with van der Waals surface area (Å²) in [4.78, 5) is 10.1. The van der Waals surface area contributed by atoms with Crippen LogP contribution in [0.3, 0.4) is 0 Å². The van der Waals surface area contributed by atoms with Gasteiger partial charge in [0.25, 0.3) is 0 Å². The molecule has 0 saturated heterocycles. The van der Waals surface area contributed by atoms with Gasteiger partial charge in [0.2, 0.25) is 0 Å². The van der Waals surface area contributed by atoms with Crippen LogP contribution in [0.15, 0.2) is 35.4 Å². The number of aromatic nitrogens is 2. The molecule has 0 saturated carbocycles. The third kappa shape index (κ3) is 2.97. The summed E-state index contributed by atoms with van der Waals surface area (Å²) in [5.74, 6) is 1.58. The van der Waals surface area contributed by atoms with E-state index < -0.39 is 0 Å². The average Bonchev–Trinajstić information content (AvgIpc) is 2.46. The molecule has 0 bridgehead atoms. The Kier molecular flexibility index (Phi) is 4.24. The predicted octanol–water partition coefficient (Wildman–Crippen LogP) is 3.76. The Morgan fingerprint density at radius 1 is 1.35 bits per heavy atom. The molecular formula is C15H16ClN3S. The second kappa shape index (κ2) is 6.12. The van der Waals surface area contributed by atoms with Crippen molar-refractivity contribution in [1.82, 2.24) is 9.97 Å². The smallest absolute Gasteiger partial charge is 0.138 e. The van der Waals surface area contributed by atoms with E-state index in [1.54, 1.807) is 11.8 Å². The third-order valence-electron chi connectivity index (χ3n) is 3.47. The molecule has 0 aliphatic heterocycles. The fraction of sp³-hybridized carbons (Fsp3) is 0.333. The van der Waals surface area contributed by atoms with Crippen LogP contribution in [0.4, 0.5) is 0 Å². The Balaban J connectivity index is 1.74. The standard InChI is InChI=1S/C15H16ClN3S/c16-11-4-1-2-7-14(11)20-9-15-18-8-10-12(17)5-3-6-13(10)19-15/h1-2,4,7-8,12H,3,5-6,9,17H2. The van der Waals surface area contributed by atoms with Crippen molar-refractivity contribution >= 4 is 23.4 Å². The van der Waals surface area contributed by atoms with Crippen LogP contribution in [-0.4, -0.2) is 9.97 Å². The van der Waals surface area contributed by atoms with E-state index in [2.05, 4.69) is 9.97 Å². The van der Waals surface area contributed by atoms with E-state index in [-0.39, 0.29) is 6.04 Å². The molecular weight excluding hydrogens is 290 g/mol. The Labute approximate surface area is 128 Å². The first kappa shape index (κ1) is 13.9. The highest BCUT2D eigenvalue weighted by Gasteiger charge is 2.18. The van der Waals surface area contributed by atoms with Crippen LogP contribution >= 0.6 is 23.4 Å². The van der Waals surface area contributed by atoms with Crippen LogP contribution < -0.4 is 5.73 Å². The third-order valence-corrected chi connectivity index (χ3v) is 4.98. The van der Waals surface area contributed by atoms with Gasteiger partial charge in [-0.15, -0.1) is 11.8 Å². The normalized spacial score (nSPS) is 17.8. The second-order valence-corrected chi connectivity index (χ2v) is 6.33. The minimum Gasteiger partial charge on any atom is -0.324 e. The number of rotatable bonds is 3. The highest BCUT2D eigenvalue weighted by atomic mass is 35.5. The van der Waals surface area contributed by atoms with Gasteiger partial charge in [0.05, 0.1) is 10.8 Å². The number of benzene rings is 1. The Morgan fingerprint density at radius 2 is 2.20 bits per heavy atom. The average molecular weight is 306 g/mol. The number of nitrogens with two attached hydrogens (primary N) is 1. The maximum absolute atomic E-state index is 6.15. The van der Waals surface area contributed by atoms with E-state index in [0.717, 1.165) is 52.0 Å². The highest BCUT2D eigenvalue weighted by Crippen LogP contribution is 2.30. The lowest BCUT2D eigenvalue weighted by Crippen LogP contribution is -2.19. The molecule has 3 nitrogen and oxygen atoms in total. The van der Waals surface area contributed by atoms with Gasteiger partial charge >= 0.3 is 0 Å². The Morgan fingerprint density at radius 3 is 3.05 bits per heavy atom. The zero-order valence-electron chi connectivity index (χ0n) is 11.1. The maximum atomic E-state index is 6.15. The van der Waals surface area contributed by atoms with Crippen molar-refractivity contribution in [2.75, 3.05) is 0 Å². The van der Waals surface area contributed by atoms with Gasteiger partial charge in [-0.25, -0.2) is 9.97 Å². The lowest BCUT2D eigenvalue weighted by Gasteiger charge is -2.20. The van der Waals surface area contributed by atoms with Crippen molar-refractivity contribution in [2.45, 2.75) is 36.0 Å². The molecule has 2 N–H and O–H groups in total. The molecule has 1 unspecified atom stereocenters. The number of fused-ring (bicyclic) bond motifs is 1. The van der Waals surface area contributed by atoms with E-state index in [9.17, 15) is 0 Å². The zero-order valence-corrected chi connectivity index (χ0v) is 12.6. The van der Waals surface area contributed by atoms with Gasteiger partial charge in [-0.3, -0.25) is 0 Å². The van der Waals surface area contributed by atoms with Crippen LogP contribution in [0.25, 0.3) is 0 Å². The second-order valence-electron chi connectivity index (χ2n) is 4.91. The molecule has 0 spiro atoms. The number of halogens is 1. The highest BCUT2D eigenvalue weighted by molar-refractivity contribution is 7.98. The molecule has 5 heteroatoms. The summed E-state index contributed by atoms with van der Waals surface area (Å²) in [6, 6.07) is 7.94. The van der Waals surface area contributed by atoms with Gasteiger partial charge in [0.15, 0.2) is 0 Å². The van der Waals surface area contributed by atoms with Crippen molar-refractivity contribution in [3.63, 3.8) is 0 Å². The number of hydrogen-bond acceptors (Lipinski definition) is 4. The number of aryl methyl sites for hydroxylation is 1. The first-order chi connectivity index (χ1) is 9.74. The van der Waals surface area contributed by atoms with Crippen molar-refractivity contribution in [3.05, 3.63) is 52.6 Å². The SMILES string of the molecule is NC1CCCc2nc(CSc3ccccc3Cl)ncc21. The van der Waals surface area contributed by atoms with Crippen molar-refractivity contribution in [3.8, 4) is 0 Å². The molecule has 20 heavy (non-hydrogen) atoms. The van der Waals surface area contributed by atoms with Crippen LogP contribution in [0.2, 0.25) is 5.02 Å². The van der Waals surface area contributed by atoms with Crippen molar-refractivity contribution in [2.24, 2.45) is 5.73 Å². The summed E-state index contributed by atoms with van der Waals surface area (Å²) in [5, 5.41) is 0.775. The molecule has 0 fully saturated rings. The summed E-state index contributed by atoms with van der Waals surface area (Å²) in [6.45, 7) is 0. The Bertz CT molecular complexity index is 618. The first-order valence-electron chi connectivity index (χ1n) is 6.71. The molecule has 2 aromatic rings. The van der Waals surface area contributed by atoms with Crippen LogP contribution in [0.5, 0.6) is 0 Å². The zero-order chi connectivity index (χ0) is 13.9. The molecule has 0 amide bonds. The van der Waals surface area contributed by atoms with Gasteiger partial charge in [-0.05, 0) is 31.4 Å². The van der Waals surface area contributed by atoms with Crippen molar-refractivity contribution < 1.29 is 0 Å². The minimum absolute atomic E-state index is 0.101. The summed E-state index contributed by atoms with van der Waals surface area (Å²) >= 11 is 7.81. The van der Waals surface area contributed by atoms with Gasteiger partial charge < -0.3 is 5.73 Å². The molecule has 1 aromatic heterocycles. The predicted molar refractivity (Wildman–Crippen MR) is 82.9 cm³/mol. The molecule has 1 aliphatic carbocycles. The topological polar surface area (TPSA) is 51.8 Å². The van der Waals surface area contributed by atoms with E-state index in [1.807, 2.05) is 30.5 Å². The molecule has 1 atom stereocenters. The monoisotopic (exact) mass is 305 g/mol. The minimum atomic E-state index is 0.101. The summed E-state index contributed by atoms with van der Waals surface area (Å²) in [6.07, 6.45) is 5.05. The van der Waals surface area contributed by atoms with E-state index in [0.29, 0.717) is 0 Å². The number of hydrogen-bond donors (Lipinski definition) is 1. The molecule has 0 radical (unpaired) electrons. The van der Waals surface area contributed by atoms with Gasteiger partial charge in [-0.1, -0.05) is 23.7 Å². The van der Waals surface area contributed by atoms with E-state index >= 15 is 0 Å². The Hall–Kier alpha value is -1.10. The molecule has 1 aliphatic rings. The van der Waals surface area contributed by atoms with Crippen LogP contribution in [0.1, 0.15) is 36.0 Å². The van der Waals surface area contributed by atoms with Crippen LogP contribution in [-0.2, 0) is 12.2 Å². The van der Waals surface area contributed by atoms with Crippen molar-refractivity contribution in [1.29, 1.82) is 0 Å². The fourth-order valence-corrected chi connectivity index (χ4v) is 3.50.